The van der Waals surface area contributed by atoms with E-state index in [1.807, 2.05) is 20.8 Å². The number of fused-ring (bicyclic) bond motifs is 1. The first kappa shape index (κ1) is 18.2. The first-order valence-electron chi connectivity index (χ1n) is 8.93. The second kappa shape index (κ2) is 6.63. The van der Waals surface area contributed by atoms with Crippen molar-refractivity contribution in [2.24, 2.45) is 5.92 Å². The number of hydrogen-bond donors (Lipinski definition) is 1. The summed E-state index contributed by atoms with van der Waals surface area (Å²) in [4.78, 5) is 29.6. The number of aliphatic carboxylic acids is 1. The number of carboxylic acid groups (broad SMARTS) is 1. The van der Waals surface area contributed by atoms with Crippen molar-refractivity contribution in [1.29, 1.82) is 0 Å². The predicted molar refractivity (Wildman–Crippen MR) is 96.4 cm³/mol. The van der Waals surface area contributed by atoms with Crippen molar-refractivity contribution in [3.05, 3.63) is 0 Å². The molecule has 2 heterocycles. The lowest BCUT2D eigenvalue weighted by Crippen LogP contribution is -2.54. The highest BCUT2D eigenvalue weighted by molar-refractivity contribution is 7.80. The molecule has 1 saturated carbocycles. The highest BCUT2D eigenvalue weighted by Gasteiger charge is 2.44. The molecule has 0 bridgehead atoms. The molecule has 1 unspecified atom stereocenters. The minimum atomic E-state index is -0.707. The van der Waals surface area contributed by atoms with E-state index in [2.05, 4.69) is 9.80 Å². The number of amides is 1. The zero-order valence-corrected chi connectivity index (χ0v) is 15.9. The maximum absolute atomic E-state index is 12.3. The zero-order valence-electron chi connectivity index (χ0n) is 15.1. The van der Waals surface area contributed by atoms with E-state index in [1.165, 1.54) is 0 Å². The zero-order chi connectivity index (χ0) is 18.4. The van der Waals surface area contributed by atoms with Crippen LogP contribution in [0.5, 0.6) is 0 Å². The normalized spacial score (nSPS) is 29.8. The average Bonchev–Trinajstić information content (AvgIpc) is 3.10. The Balaban J connectivity index is 1.61. The summed E-state index contributed by atoms with van der Waals surface area (Å²) >= 11 is 5.64. The predicted octanol–water partition coefficient (Wildman–Crippen LogP) is 1.76. The summed E-state index contributed by atoms with van der Waals surface area (Å²) in [5, 5.41) is 10.0. The largest absolute Gasteiger partial charge is 0.481 e. The van der Waals surface area contributed by atoms with Crippen LogP contribution < -0.4 is 0 Å². The molecule has 3 aliphatic rings. The molecule has 25 heavy (non-hydrogen) atoms. The highest BCUT2D eigenvalue weighted by Crippen LogP contribution is 2.34. The van der Waals surface area contributed by atoms with Crippen molar-refractivity contribution < 1.29 is 19.4 Å². The smallest absolute Gasteiger partial charge is 0.410 e. The minimum absolute atomic E-state index is 0.164. The fourth-order valence-corrected chi connectivity index (χ4v) is 4.46. The van der Waals surface area contributed by atoms with Gasteiger partial charge in [0.25, 0.3) is 0 Å². The molecule has 0 radical (unpaired) electrons. The second-order valence-corrected chi connectivity index (χ2v) is 8.58. The summed E-state index contributed by atoms with van der Waals surface area (Å²) in [5.41, 5.74) is -0.499. The molecule has 0 aromatic rings. The van der Waals surface area contributed by atoms with Crippen molar-refractivity contribution in [1.82, 2.24) is 14.7 Å². The van der Waals surface area contributed by atoms with Crippen molar-refractivity contribution in [2.75, 3.05) is 26.2 Å². The van der Waals surface area contributed by atoms with Gasteiger partial charge in [0.15, 0.2) is 5.11 Å². The second-order valence-electron chi connectivity index (χ2n) is 8.21. The van der Waals surface area contributed by atoms with E-state index in [1.54, 1.807) is 4.90 Å². The maximum atomic E-state index is 12.3. The number of thiocarbonyl (C=S) groups is 1. The van der Waals surface area contributed by atoms with E-state index >= 15 is 0 Å². The Labute approximate surface area is 153 Å². The van der Waals surface area contributed by atoms with Gasteiger partial charge in [0.2, 0.25) is 0 Å². The number of carboxylic acids is 1. The quantitative estimate of drug-likeness (QED) is 0.744. The molecule has 2 saturated heterocycles. The first-order chi connectivity index (χ1) is 11.7. The molecule has 0 aromatic heterocycles. The van der Waals surface area contributed by atoms with Gasteiger partial charge in [0.1, 0.15) is 5.60 Å². The summed E-state index contributed by atoms with van der Waals surface area (Å²) in [6.45, 7) is 8.26. The molecule has 1 aliphatic carbocycles. The van der Waals surface area contributed by atoms with Gasteiger partial charge in [-0.05, 0) is 52.3 Å². The number of hydrogen-bond acceptors (Lipinski definition) is 4. The van der Waals surface area contributed by atoms with E-state index in [0.717, 1.165) is 18.1 Å². The molecule has 140 valence electrons. The lowest BCUT2D eigenvalue weighted by molar-refractivity contribution is -0.141. The molecular formula is C17H27N3O4S. The number of carbonyl (C=O) groups is 2. The van der Waals surface area contributed by atoms with Crippen molar-refractivity contribution >= 4 is 29.4 Å². The molecule has 7 nitrogen and oxygen atoms in total. The number of nitrogens with zero attached hydrogens (tertiary/aromatic N) is 3. The van der Waals surface area contributed by atoms with Crippen LogP contribution in [0.15, 0.2) is 0 Å². The Bertz CT molecular complexity index is 577. The van der Waals surface area contributed by atoms with Gasteiger partial charge in [-0.15, -0.1) is 0 Å². The summed E-state index contributed by atoms with van der Waals surface area (Å²) in [7, 11) is 0. The lowest BCUT2D eigenvalue weighted by Gasteiger charge is -2.37. The molecule has 8 heteroatoms. The van der Waals surface area contributed by atoms with Gasteiger partial charge in [-0.1, -0.05) is 0 Å². The van der Waals surface area contributed by atoms with Gasteiger partial charge in [-0.2, -0.15) is 0 Å². The van der Waals surface area contributed by atoms with Crippen LogP contribution in [0.3, 0.4) is 0 Å². The third kappa shape index (κ3) is 3.83. The number of rotatable bonds is 2. The van der Waals surface area contributed by atoms with Crippen LogP contribution >= 0.6 is 12.2 Å². The fourth-order valence-electron chi connectivity index (χ4n) is 4.00. The lowest BCUT2D eigenvalue weighted by atomic mass is 10.1. The van der Waals surface area contributed by atoms with Crippen LogP contribution in [0.25, 0.3) is 0 Å². The number of piperazine rings is 1. The fraction of sp³-hybridized carbons (Fsp3) is 0.824. The van der Waals surface area contributed by atoms with Crippen molar-refractivity contribution in [2.45, 2.75) is 57.7 Å². The van der Waals surface area contributed by atoms with E-state index in [4.69, 9.17) is 17.0 Å². The Kier molecular flexibility index (Phi) is 4.83. The van der Waals surface area contributed by atoms with Crippen LogP contribution in [-0.4, -0.2) is 80.8 Å². The summed E-state index contributed by atoms with van der Waals surface area (Å²) < 4.78 is 5.48. The van der Waals surface area contributed by atoms with Gasteiger partial charge < -0.3 is 24.5 Å². The van der Waals surface area contributed by atoms with Gasteiger partial charge in [0.05, 0.1) is 12.0 Å². The Hall–Kier alpha value is -1.57. The minimum Gasteiger partial charge on any atom is -0.481 e. The van der Waals surface area contributed by atoms with Gasteiger partial charge in [-0.25, -0.2) is 4.79 Å². The highest BCUT2D eigenvalue weighted by atomic mass is 32.1. The van der Waals surface area contributed by atoms with Crippen LogP contribution in [0.1, 0.15) is 40.0 Å². The number of carbonyl (C=O) groups excluding carboxylic acids is 1. The molecule has 1 amide bonds. The van der Waals surface area contributed by atoms with E-state index < -0.39 is 11.6 Å². The van der Waals surface area contributed by atoms with Crippen LogP contribution in [0, 0.1) is 5.92 Å². The monoisotopic (exact) mass is 369 g/mol. The topological polar surface area (TPSA) is 73.3 Å². The maximum Gasteiger partial charge on any atom is 0.410 e. The Morgan fingerprint density at radius 3 is 2.44 bits per heavy atom. The third-order valence-corrected chi connectivity index (χ3v) is 5.70. The van der Waals surface area contributed by atoms with Gasteiger partial charge in [0, 0.05) is 32.2 Å². The van der Waals surface area contributed by atoms with Gasteiger partial charge >= 0.3 is 12.1 Å². The molecule has 0 spiro atoms. The molecular weight excluding hydrogens is 342 g/mol. The molecule has 3 atom stereocenters. The van der Waals surface area contributed by atoms with E-state index in [0.29, 0.717) is 32.5 Å². The van der Waals surface area contributed by atoms with Crippen molar-refractivity contribution in [3.8, 4) is 0 Å². The summed E-state index contributed by atoms with van der Waals surface area (Å²) in [6, 6.07) is 0.367. The van der Waals surface area contributed by atoms with E-state index in [-0.39, 0.29) is 24.1 Å². The van der Waals surface area contributed by atoms with Crippen LogP contribution in [-0.2, 0) is 9.53 Å². The van der Waals surface area contributed by atoms with Gasteiger partial charge in [-0.3, -0.25) is 4.79 Å². The summed E-state index contributed by atoms with van der Waals surface area (Å²) in [6.07, 6.45) is 1.97. The molecule has 3 rings (SSSR count). The first-order valence-corrected chi connectivity index (χ1v) is 9.34. The Morgan fingerprint density at radius 1 is 1.12 bits per heavy atom. The molecule has 2 aliphatic heterocycles. The third-order valence-electron chi connectivity index (χ3n) is 5.23. The number of ether oxygens (including phenoxy) is 1. The summed E-state index contributed by atoms with van der Waals surface area (Å²) in [5.74, 6) is -0.967. The molecule has 0 aromatic carbocycles. The molecule has 1 N–H and O–H groups in total. The average molecular weight is 369 g/mol. The van der Waals surface area contributed by atoms with Crippen LogP contribution in [0.2, 0.25) is 0 Å². The van der Waals surface area contributed by atoms with Crippen LogP contribution in [0.4, 0.5) is 4.79 Å². The SMILES string of the molecule is CC(C)(C)OC(=O)N1CCN2C(=S)N([C@@H]3CC[C@H](C(=O)O)C3)CC2C1. The standard InChI is InChI=1S/C17H27N3O4S/c1-17(2,3)24-16(23)18-6-7-19-13(9-18)10-20(15(19)25)12-5-4-11(8-12)14(21)22/h11-13H,4-10H2,1-3H3,(H,21,22)/t11-,12+,13?/m0/s1. The van der Waals surface area contributed by atoms with Crippen molar-refractivity contribution in [3.63, 3.8) is 0 Å². The van der Waals surface area contributed by atoms with E-state index in [9.17, 15) is 14.7 Å². The Morgan fingerprint density at radius 2 is 1.84 bits per heavy atom. The molecule has 3 fully saturated rings.